The fourth-order valence-electron chi connectivity index (χ4n) is 13.7. The number of thioether (sulfide) groups is 1. The number of aliphatic hydroxyl groups is 4. The van der Waals surface area contributed by atoms with E-state index >= 15 is 0 Å². The predicted octanol–water partition coefficient (Wildman–Crippen LogP) is 5.33. The van der Waals surface area contributed by atoms with Crippen LogP contribution < -0.4 is 29.9 Å². The summed E-state index contributed by atoms with van der Waals surface area (Å²) in [7, 11) is 8.50. The third-order valence-electron chi connectivity index (χ3n) is 19.6. The number of amides is 4. The Morgan fingerprint density at radius 2 is 1.59 bits per heavy atom. The van der Waals surface area contributed by atoms with Crippen molar-refractivity contribution in [2.75, 3.05) is 54.0 Å². The predicted molar refractivity (Wildman–Crippen MR) is 406 cm³/mol. The molecular formula is C75H94IN5O26S3. The molecule has 0 saturated carbocycles. The molecule has 17 unspecified atom stereocenters. The van der Waals surface area contributed by atoms with Gasteiger partial charge in [-0.1, -0.05) is 63.1 Å². The highest BCUT2D eigenvalue weighted by atomic mass is 127. The molecule has 0 aromatic heterocycles. The van der Waals surface area contributed by atoms with Gasteiger partial charge in [0.1, 0.15) is 42.4 Å². The minimum Gasteiger partial charge on any atom is -0.494 e. The number of hydroxylamine groups is 3. The van der Waals surface area contributed by atoms with Crippen molar-refractivity contribution in [1.29, 1.82) is 0 Å². The molecule has 6 aliphatic heterocycles. The number of methoxy groups -OCH3 is 4. The Kier molecular flexibility index (Phi) is 29.9. The smallest absolute Gasteiger partial charge is 0.333 e. The summed E-state index contributed by atoms with van der Waals surface area (Å²) in [6.45, 7) is 16.0. The second-order valence-corrected chi connectivity index (χ2v) is 33.0. The molecule has 0 spiro atoms. The Morgan fingerprint density at radius 3 is 2.26 bits per heavy atom. The standard InChI is InChI=1S/C75H94IN5O26S3/c1-14-80(42(7)82)46-36-98-55(33-50(46)93-10)102-66-61(89)60(79-106-56-32-47(83)69(41(6)99-56)109-70(91)58-38(3)59(76)64(67(96-13)63(58)94-11)103-71-62(90)65(95-12)68-73(104-68)105-71)40(5)100-72(66)101-49-20-17-15-16-18-29-75(92)34-48(84)37(2)57(49)45(75)28-31-108-110-74(8,9)35-51(85)78-77-39(4)43-22-24-44(25-23-43)97-30-19-21-54(88)107-81-52(86)26-27-53(81)87/h15-16,22-25,28,40-41,46-47,49-50,55-56,60-62,65-66,68-69,71-73,79,83,89-90,92H,14,19,21,26-27,30-36H2,1-13H3,(H,78,85)/b16-15-,45-28+,77-39+/t40?,41?,46?,47?,49-,50?,55?,56?,60?,61?,62?,65?,66?,68?,69?,71?,72?,73?,75-/m0/s1. The zero-order valence-corrected chi connectivity index (χ0v) is 67.7. The molecule has 4 amide bonds. The number of ether oxygens (including phenoxy) is 13. The van der Waals surface area contributed by atoms with Crippen LogP contribution in [0.1, 0.15) is 128 Å². The van der Waals surface area contributed by atoms with E-state index in [1.165, 1.54) is 69.1 Å². The van der Waals surface area contributed by atoms with E-state index in [0.29, 0.717) is 37.8 Å². The van der Waals surface area contributed by atoms with Gasteiger partial charge in [0.05, 0.1) is 96.9 Å². The Morgan fingerprint density at radius 1 is 0.873 bits per heavy atom. The number of epoxide rings is 1. The number of likely N-dealkylation sites (N-methyl/N-ethyl adjacent to an activating group) is 1. The van der Waals surface area contributed by atoms with Crippen molar-refractivity contribution in [2.24, 2.45) is 5.10 Å². The van der Waals surface area contributed by atoms with Crippen LogP contribution in [0.15, 0.2) is 64.3 Å². The van der Waals surface area contributed by atoms with E-state index in [1.807, 2.05) is 43.4 Å². The average molecular weight is 1700 g/mol. The lowest BCUT2D eigenvalue weighted by Gasteiger charge is -2.47. The highest BCUT2D eigenvalue weighted by molar-refractivity contribution is 14.1. The van der Waals surface area contributed by atoms with Gasteiger partial charge < -0.3 is 91.7 Å². The van der Waals surface area contributed by atoms with Crippen LogP contribution in [0.5, 0.6) is 23.0 Å². The Labute approximate surface area is 663 Å². The number of allylic oxidation sites excluding steroid dienone is 3. The number of fused-ring (bicyclic) bond motifs is 3. The maximum absolute atomic E-state index is 14.5. The number of nitrogens with one attached hydrogen (secondary N) is 2. The maximum atomic E-state index is 14.5. The molecule has 600 valence electrons. The lowest BCUT2D eigenvalue weighted by molar-refractivity contribution is -0.337. The maximum Gasteiger partial charge on any atom is 0.333 e. The fourth-order valence-corrected chi connectivity index (χ4v) is 17.8. The molecular weight excluding hydrogens is 1610 g/mol. The summed E-state index contributed by atoms with van der Waals surface area (Å²) in [4.78, 5) is 103. The Bertz CT molecular complexity index is 3980. The van der Waals surface area contributed by atoms with Gasteiger partial charge in [-0.3, -0.25) is 33.6 Å². The molecule has 31 nitrogen and oxygen atoms in total. The lowest BCUT2D eigenvalue weighted by atomic mass is 9.74. The van der Waals surface area contributed by atoms with Gasteiger partial charge >= 0.3 is 5.97 Å². The number of nitrogens with zero attached hydrogens (tertiary/aromatic N) is 3. The van der Waals surface area contributed by atoms with Crippen molar-refractivity contribution >= 4 is 102 Å². The van der Waals surface area contributed by atoms with Gasteiger partial charge in [-0.25, -0.2) is 10.2 Å². The zero-order valence-electron chi connectivity index (χ0n) is 63.1. The third-order valence-corrected chi connectivity index (χ3v) is 25.4. The summed E-state index contributed by atoms with van der Waals surface area (Å²) in [5.74, 6) is 9.97. The summed E-state index contributed by atoms with van der Waals surface area (Å²) in [6, 6.07) is 5.34. The van der Waals surface area contributed by atoms with Crippen molar-refractivity contribution in [3.05, 3.63) is 79.5 Å². The summed E-state index contributed by atoms with van der Waals surface area (Å²) in [5, 5.41) is 51.8. The zero-order chi connectivity index (χ0) is 79.6. The Balaban J connectivity index is 0.798. The quantitative estimate of drug-likeness (QED) is 0.00811. The van der Waals surface area contributed by atoms with Gasteiger partial charge in [0.2, 0.25) is 29.0 Å². The molecule has 0 radical (unpaired) electrons. The van der Waals surface area contributed by atoms with Crippen molar-refractivity contribution < 1.29 is 125 Å². The number of imide groups is 1. The molecule has 35 heteroatoms. The van der Waals surface area contributed by atoms with E-state index in [0.717, 1.165) is 11.8 Å². The van der Waals surface area contributed by atoms with Crippen LogP contribution in [-0.2, 0) is 81.1 Å². The highest BCUT2D eigenvalue weighted by Gasteiger charge is 2.59. The second kappa shape index (κ2) is 38.2. The molecule has 8 aliphatic rings. The van der Waals surface area contributed by atoms with E-state index < -0.39 is 155 Å². The minimum atomic E-state index is -2.04. The number of halogens is 1. The monoisotopic (exact) mass is 1700 g/mol. The molecule has 6 saturated heterocycles. The van der Waals surface area contributed by atoms with Gasteiger partial charge in [0.15, 0.2) is 48.0 Å². The van der Waals surface area contributed by atoms with Gasteiger partial charge in [-0.15, -0.1) is 5.06 Å². The molecule has 2 aromatic carbocycles. The number of rotatable bonds is 31. The van der Waals surface area contributed by atoms with Crippen LogP contribution in [0.2, 0.25) is 0 Å². The number of hydrogen-bond donors (Lipinski definition) is 6. The number of ketones is 1. The van der Waals surface area contributed by atoms with Crippen molar-refractivity contribution in [2.45, 2.75) is 234 Å². The molecule has 6 N–H and O–H groups in total. The van der Waals surface area contributed by atoms with Gasteiger partial charge in [-0.2, -0.15) is 10.6 Å². The summed E-state index contributed by atoms with van der Waals surface area (Å²) in [5.41, 5.74) is 6.00. The van der Waals surface area contributed by atoms with Crippen LogP contribution >= 0.6 is 55.9 Å². The van der Waals surface area contributed by atoms with E-state index in [9.17, 15) is 54.0 Å². The fraction of sp³-hybridized carbons (Fsp3) is 0.600. The van der Waals surface area contributed by atoms with E-state index in [-0.39, 0.29) is 115 Å². The number of Topliss-reactive ketones (excluding diaryl/α,β-unsaturated/α-hetero) is 1. The van der Waals surface area contributed by atoms with E-state index in [4.69, 9.17) is 71.3 Å². The topological polar surface area (TPSA) is 385 Å². The molecule has 2 aliphatic carbocycles. The number of benzene rings is 2. The molecule has 19 atom stereocenters. The molecule has 2 bridgehead atoms. The van der Waals surface area contributed by atoms with Crippen LogP contribution in [0.3, 0.4) is 0 Å². The minimum absolute atomic E-state index is 0.00402. The molecule has 2 aromatic rings. The van der Waals surface area contributed by atoms with Crippen molar-refractivity contribution in [1.82, 2.24) is 20.9 Å². The average Bonchev–Trinajstić information content (AvgIpc) is 1.21. The van der Waals surface area contributed by atoms with Crippen molar-refractivity contribution in [3.63, 3.8) is 0 Å². The van der Waals surface area contributed by atoms with Gasteiger partial charge in [0.25, 0.3) is 11.8 Å². The SMILES string of the molecule is CCN(C(C)=O)C1COC(OC2C(O[C@H]3C#C/C=C\C#C[C@]4(O)CC(=O)C(C)=C3/C4=C\CSSC(C)(C)CC(=O)N/N=C(\C)c3ccc(OCCCC(=O)ON4C(=O)CCC4=O)cc3)OC(C)C(NOC3CC(O)C(SC(=O)c4c(C)c(I)c(OC5OC6OC6C(OC)C5O)c(OC)c4OC)C(C)O3)C2O)CC1OC. The summed E-state index contributed by atoms with van der Waals surface area (Å²) < 4.78 is 79.1. The Hall–Kier alpha value is -6.28. The van der Waals surface area contributed by atoms with Crippen LogP contribution in [-0.4, -0.2) is 251 Å². The van der Waals surface area contributed by atoms with Crippen LogP contribution in [0, 0.1) is 34.2 Å². The van der Waals surface area contributed by atoms with Gasteiger partial charge in [-0.05, 0) is 138 Å². The first-order chi connectivity index (χ1) is 52.4. The van der Waals surface area contributed by atoms with Crippen LogP contribution in [0.25, 0.3) is 0 Å². The number of carbonyl (C=O) groups is 7. The number of aliphatic hydroxyl groups excluding tert-OH is 3. The number of hydrogen-bond acceptors (Lipinski definition) is 31. The first-order valence-electron chi connectivity index (χ1n) is 35.9. The first kappa shape index (κ1) is 86.1. The summed E-state index contributed by atoms with van der Waals surface area (Å²) in [6.07, 6.45) is -11.6. The first-order valence-corrected chi connectivity index (χ1v) is 40.1. The normalized spacial score (nSPS) is 31.5. The van der Waals surface area contributed by atoms with Crippen LogP contribution in [0.4, 0.5) is 0 Å². The lowest BCUT2D eigenvalue weighted by Crippen LogP contribution is -2.65. The molecule has 6 fully saturated rings. The van der Waals surface area contributed by atoms with Crippen molar-refractivity contribution in [3.8, 4) is 46.7 Å². The molecule has 6 heterocycles. The second-order valence-electron chi connectivity index (χ2n) is 27.7. The van der Waals surface area contributed by atoms with E-state index in [2.05, 4.69) is 39.7 Å². The number of hydrazone groups is 1. The van der Waals surface area contributed by atoms with E-state index in [1.54, 1.807) is 69.9 Å². The van der Waals surface area contributed by atoms with Gasteiger partial charge in [0, 0.05) is 81.4 Å². The third kappa shape index (κ3) is 20.4. The highest BCUT2D eigenvalue weighted by Crippen LogP contribution is 2.50. The number of carbonyl (C=O) groups excluding carboxylic acids is 7. The summed E-state index contributed by atoms with van der Waals surface area (Å²) >= 11 is 2.85. The largest absolute Gasteiger partial charge is 0.494 e. The molecule has 10 rings (SSSR count). The molecule has 110 heavy (non-hydrogen) atoms.